The molecule has 4 nitrogen and oxygen atoms in total. The van der Waals surface area contributed by atoms with Gasteiger partial charge in [-0.25, -0.2) is 0 Å². The number of ketones is 1. The number of anilines is 1. The molecule has 2 aromatic carbocycles. The smallest absolute Gasteiger partial charge is 0.228 e. The van der Waals surface area contributed by atoms with Crippen molar-refractivity contribution < 1.29 is 14.3 Å². The van der Waals surface area contributed by atoms with Crippen LogP contribution in [0.4, 0.5) is 5.69 Å². The lowest BCUT2D eigenvalue weighted by atomic mass is 9.99. The Balaban J connectivity index is 2.00. The Kier molecular flexibility index (Phi) is 3.39. The fraction of sp³-hybridized carbons (Fsp3) is 0.125. The zero-order valence-corrected chi connectivity index (χ0v) is 12.0. The molecule has 1 aliphatic rings. The number of halogens is 1. The Morgan fingerprint density at radius 3 is 2.81 bits per heavy atom. The Morgan fingerprint density at radius 1 is 1.24 bits per heavy atom. The van der Waals surface area contributed by atoms with E-state index in [-0.39, 0.29) is 11.7 Å². The first-order valence-corrected chi connectivity index (χ1v) is 6.77. The van der Waals surface area contributed by atoms with Gasteiger partial charge in [0.2, 0.25) is 5.91 Å². The second-order valence-electron chi connectivity index (χ2n) is 4.77. The van der Waals surface area contributed by atoms with Gasteiger partial charge in [-0.15, -0.1) is 0 Å². The van der Waals surface area contributed by atoms with Crippen molar-refractivity contribution in [2.75, 3.05) is 12.4 Å². The van der Waals surface area contributed by atoms with E-state index >= 15 is 0 Å². The molecule has 1 amide bonds. The van der Waals surface area contributed by atoms with Gasteiger partial charge in [0.05, 0.1) is 19.1 Å². The maximum atomic E-state index is 12.6. The van der Waals surface area contributed by atoms with Crippen molar-refractivity contribution in [2.24, 2.45) is 0 Å². The van der Waals surface area contributed by atoms with E-state index in [1.165, 1.54) is 7.11 Å². The number of hydrogen-bond donors (Lipinski definition) is 1. The lowest BCUT2D eigenvalue weighted by Crippen LogP contribution is -2.04. The number of carbonyl (C=O) groups is 2. The monoisotopic (exact) mass is 301 g/mol. The minimum Gasteiger partial charge on any atom is -0.496 e. The Labute approximate surface area is 126 Å². The molecule has 1 heterocycles. The molecule has 0 unspecified atom stereocenters. The molecule has 0 spiro atoms. The summed E-state index contributed by atoms with van der Waals surface area (Å²) < 4.78 is 5.21. The first-order valence-electron chi connectivity index (χ1n) is 6.39. The molecular formula is C16H12ClNO3. The number of nitrogens with one attached hydrogen (secondary N) is 1. The number of fused-ring (bicyclic) bond motifs is 1. The van der Waals surface area contributed by atoms with Crippen LogP contribution in [-0.4, -0.2) is 18.8 Å². The van der Waals surface area contributed by atoms with Gasteiger partial charge < -0.3 is 10.1 Å². The predicted molar refractivity (Wildman–Crippen MR) is 80.2 cm³/mol. The van der Waals surface area contributed by atoms with Gasteiger partial charge in [-0.1, -0.05) is 11.6 Å². The summed E-state index contributed by atoms with van der Waals surface area (Å²) in [7, 11) is 1.49. The highest BCUT2D eigenvalue weighted by Crippen LogP contribution is 2.28. The summed E-state index contributed by atoms with van der Waals surface area (Å²) in [6.45, 7) is 0. The summed E-state index contributed by atoms with van der Waals surface area (Å²) in [6.07, 6.45) is 0.300. The molecule has 5 heteroatoms. The summed E-state index contributed by atoms with van der Waals surface area (Å²) in [4.78, 5) is 23.9. The quantitative estimate of drug-likeness (QED) is 0.886. The molecule has 21 heavy (non-hydrogen) atoms. The van der Waals surface area contributed by atoms with E-state index in [1.807, 2.05) is 0 Å². The van der Waals surface area contributed by atoms with Gasteiger partial charge in [0.25, 0.3) is 0 Å². The van der Waals surface area contributed by atoms with Crippen LogP contribution < -0.4 is 10.1 Å². The number of methoxy groups -OCH3 is 1. The van der Waals surface area contributed by atoms with Crippen molar-refractivity contribution in [1.29, 1.82) is 0 Å². The van der Waals surface area contributed by atoms with Crippen LogP contribution in [0.3, 0.4) is 0 Å². The van der Waals surface area contributed by atoms with Crippen molar-refractivity contribution >= 4 is 29.0 Å². The SMILES string of the molecule is COc1cc(Cl)ccc1C(=O)c1ccc2c(c1)CC(=O)N2. The minimum absolute atomic E-state index is 0.0568. The molecule has 0 saturated carbocycles. The van der Waals surface area contributed by atoms with Crippen molar-refractivity contribution in [1.82, 2.24) is 0 Å². The molecule has 1 aliphatic heterocycles. The molecule has 0 fully saturated rings. The second kappa shape index (κ2) is 5.22. The van der Waals surface area contributed by atoms with Gasteiger partial charge in [-0.2, -0.15) is 0 Å². The van der Waals surface area contributed by atoms with Gasteiger partial charge in [0.15, 0.2) is 5.78 Å². The van der Waals surface area contributed by atoms with Gasteiger partial charge in [0.1, 0.15) is 5.75 Å². The standard InChI is InChI=1S/C16H12ClNO3/c1-21-14-8-11(17)3-4-12(14)16(20)9-2-5-13-10(6-9)7-15(19)18-13/h2-6,8H,7H2,1H3,(H,18,19). The highest BCUT2D eigenvalue weighted by Gasteiger charge is 2.21. The van der Waals surface area contributed by atoms with Crippen LogP contribution in [0.2, 0.25) is 5.02 Å². The van der Waals surface area contributed by atoms with Gasteiger partial charge in [-0.3, -0.25) is 9.59 Å². The van der Waals surface area contributed by atoms with Crippen LogP contribution in [-0.2, 0) is 11.2 Å². The van der Waals surface area contributed by atoms with Crippen molar-refractivity contribution in [2.45, 2.75) is 6.42 Å². The average molecular weight is 302 g/mol. The molecule has 0 atom stereocenters. The summed E-state index contributed by atoms with van der Waals surface area (Å²) in [6, 6.07) is 10.1. The summed E-state index contributed by atoms with van der Waals surface area (Å²) in [5.74, 6) is 0.214. The second-order valence-corrected chi connectivity index (χ2v) is 5.21. The zero-order chi connectivity index (χ0) is 15.0. The number of amides is 1. The normalized spacial score (nSPS) is 12.8. The van der Waals surface area contributed by atoms with Crippen molar-refractivity contribution in [3.8, 4) is 5.75 Å². The number of benzene rings is 2. The summed E-state index contributed by atoms with van der Waals surface area (Å²) in [5, 5.41) is 3.25. The van der Waals surface area contributed by atoms with Crippen molar-refractivity contribution in [3.05, 3.63) is 58.1 Å². The highest BCUT2D eigenvalue weighted by molar-refractivity contribution is 6.31. The molecule has 1 N–H and O–H groups in total. The van der Waals surface area contributed by atoms with Gasteiger partial charge in [-0.05, 0) is 42.0 Å². The van der Waals surface area contributed by atoms with Crippen LogP contribution >= 0.6 is 11.6 Å². The molecular weight excluding hydrogens is 290 g/mol. The molecule has 106 valence electrons. The third-order valence-electron chi connectivity index (χ3n) is 3.40. The fourth-order valence-electron chi connectivity index (χ4n) is 2.38. The Bertz CT molecular complexity index is 755. The van der Waals surface area contributed by atoms with Crippen LogP contribution in [0.5, 0.6) is 5.75 Å². The van der Waals surface area contributed by atoms with Crippen LogP contribution in [0.1, 0.15) is 21.5 Å². The number of rotatable bonds is 3. The molecule has 0 aromatic heterocycles. The van der Waals surface area contributed by atoms with Crippen LogP contribution in [0, 0.1) is 0 Å². The molecule has 0 radical (unpaired) electrons. The minimum atomic E-state index is -0.161. The molecule has 0 aliphatic carbocycles. The largest absolute Gasteiger partial charge is 0.496 e. The third kappa shape index (κ3) is 2.50. The van der Waals surface area contributed by atoms with E-state index in [9.17, 15) is 9.59 Å². The van der Waals surface area contributed by atoms with E-state index in [2.05, 4.69) is 5.32 Å². The summed E-state index contributed by atoms with van der Waals surface area (Å²) in [5.41, 5.74) is 2.56. The van der Waals surface area contributed by atoms with Crippen LogP contribution in [0.25, 0.3) is 0 Å². The number of hydrogen-bond acceptors (Lipinski definition) is 3. The predicted octanol–water partition coefficient (Wildman–Crippen LogP) is 3.07. The first kappa shape index (κ1) is 13.6. The zero-order valence-electron chi connectivity index (χ0n) is 11.3. The molecule has 3 rings (SSSR count). The summed E-state index contributed by atoms with van der Waals surface area (Å²) >= 11 is 5.90. The molecule has 2 aromatic rings. The van der Waals surface area contributed by atoms with E-state index in [1.54, 1.807) is 36.4 Å². The highest BCUT2D eigenvalue weighted by atomic mass is 35.5. The van der Waals surface area contributed by atoms with Crippen LogP contribution in [0.15, 0.2) is 36.4 Å². The van der Waals surface area contributed by atoms with E-state index in [0.717, 1.165) is 11.3 Å². The Hall–Kier alpha value is -2.33. The lowest BCUT2D eigenvalue weighted by Gasteiger charge is -2.09. The topological polar surface area (TPSA) is 55.4 Å². The lowest BCUT2D eigenvalue weighted by molar-refractivity contribution is -0.115. The first-order chi connectivity index (χ1) is 10.1. The van der Waals surface area contributed by atoms with Crippen molar-refractivity contribution in [3.63, 3.8) is 0 Å². The van der Waals surface area contributed by atoms with Gasteiger partial charge >= 0.3 is 0 Å². The number of carbonyl (C=O) groups excluding carboxylic acids is 2. The Morgan fingerprint density at radius 2 is 2.05 bits per heavy atom. The van der Waals surface area contributed by atoms with E-state index < -0.39 is 0 Å². The average Bonchev–Trinajstić information content (AvgIpc) is 2.85. The molecule has 0 saturated heterocycles. The molecule has 0 bridgehead atoms. The maximum absolute atomic E-state index is 12.6. The number of ether oxygens (including phenoxy) is 1. The van der Waals surface area contributed by atoms with E-state index in [0.29, 0.717) is 28.3 Å². The van der Waals surface area contributed by atoms with Gasteiger partial charge in [0, 0.05) is 16.3 Å². The fourth-order valence-corrected chi connectivity index (χ4v) is 2.54. The maximum Gasteiger partial charge on any atom is 0.228 e. The van der Waals surface area contributed by atoms with E-state index in [4.69, 9.17) is 16.3 Å². The third-order valence-corrected chi connectivity index (χ3v) is 3.64.